The summed E-state index contributed by atoms with van der Waals surface area (Å²) in [6.45, 7) is 0. The van der Waals surface area contributed by atoms with Crippen LogP contribution in [-0.2, 0) is 6.18 Å². The van der Waals surface area contributed by atoms with Crippen molar-refractivity contribution < 1.29 is 13.2 Å². The summed E-state index contributed by atoms with van der Waals surface area (Å²) in [7, 11) is 0. The van der Waals surface area contributed by atoms with Gasteiger partial charge in [-0.1, -0.05) is 6.07 Å². The molecule has 3 rings (SSSR count). The van der Waals surface area contributed by atoms with Crippen LogP contribution in [0.5, 0.6) is 0 Å². The topological polar surface area (TPSA) is 64.5 Å². The van der Waals surface area contributed by atoms with Crippen molar-refractivity contribution in [2.45, 2.75) is 6.18 Å². The van der Waals surface area contributed by atoms with Gasteiger partial charge in [0, 0.05) is 22.8 Å². The van der Waals surface area contributed by atoms with E-state index in [0.717, 1.165) is 17.0 Å². The SMILES string of the molecule is N#Cc1cc(Nc2cccc3[nH]ccc23)nc(C(F)(F)F)c1. The summed E-state index contributed by atoms with van der Waals surface area (Å²) in [4.78, 5) is 6.55. The van der Waals surface area contributed by atoms with Gasteiger partial charge in [0.15, 0.2) is 0 Å². The molecule has 0 unspecified atom stereocenters. The summed E-state index contributed by atoms with van der Waals surface area (Å²) in [5.41, 5.74) is 0.244. The highest BCUT2D eigenvalue weighted by atomic mass is 19.4. The normalized spacial score (nSPS) is 11.4. The third kappa shape index (κ3) is 2.59. The Morgan fingerprint density at radius 1 is 1.18 bits per heavy atom. The Bertz CT molecular complexity index is 874. The van der Waals surface area contributed by atoms with Crippen LogP contribution in [0.1, 0.15) is 11.3 Å². The van der Waals surface area contributed by atoms with Crippen molar-refractivity contribution in [2.24, 2.45) is 0 Å². The largest absolute Gasteiger partial charge is 0.433 e. The Hall–Kier alpha value is -3.01. The highest BCUT2D eigenvalue weighted by Gasteiger charge is 2.33. The summed E-state index contributed by atoms with van der Waals surface area (Å²) >= 11 is 0. The van der Waals surface area contributed by atoms with Crippen LogP contribution in [0.4, 0.5) is 24.7 Å². The maximum absolute atomic E-state index is 12.8. The minimum Gasteiger partial charge on any atom is -0.361 e. The number of nitrogens with zero attached hydrogens (tertiary/aromatic N) is 2. The number of halogens is 3. The van der Waals surface area contributed by atoms with E-state index in [9.17, 15) is 13.2 Å². The minimum atomic E-state index is -4.61. The lowest BCUT2D eigenvalue weighted by Crippen LogP contribution is -2.10. The molecule has 0 amide bonds. The molecule has 2 aromatic heterocycles. The van der Waals surface area contributed by atoms with Gasteiger partial charge in [-0.25, -0.2) is 4.98 Å². The number of H-pyrrole nitrogens is 1. The first kappa shape index (κ1) is 13.9. The Kier molecular flexibility index (Phi) is 3.22. The zero-order chi connectivity index (χ0) is 15.7. The lowest BCUT2D eigenvalue weighted by molar-refractivity contribution is -0.141. The maximum Gasteiger partial charge on any atom is 0.433 e. The van der Waals surface area contributed by atoms with Crippen molar-refractivity contribution in [3.63, 3.8) is 0 Å². The van der Waals surface area contributed by atoms with Crippen molar-refractivity contribution >= 4 is 22.4 Å². The molecule has 0 aliphatic carbocycles. The quantitative estimate of drug-likeness (QED) is 0.745. The molecular weight excluding hydrogens is 293 g/mol. The van der Waals surface area contributed by atoms with Crippen LogP contribution in [0.15, 0.2) is 42.6 Å². The number of alkyl halides is 3. The van der Waals surface area contributed by atoms with Gasteiger partial charge < -0.3 is 10.3 Å². The average molecular weight is 302 g/mol. The molecule has 7 heteroatoms. The van der Waals surface area contributed by atoms with Crippen molar-refractivity contribution in [2.75, 3.05) is 5.32 Å². The highest BCUT2D eigenvalue weighted by Crippen LogP contribution is 2.31. The molecule has 3 aromatic rings. The maximum atomic E-state index is 12.8. The van der Waals surface area contributed by atoms with Crippen LogP contribution in [0.2, 0.25) is 0 Å². The third-order valence-corrected chi connectivity index (χ3v) is 3.10. The number of hydrogen-bond acceptors (Lipinski definition) is 3. The van der Waals surface area contributed by atoms with E-state index in [0.29, 0.717) is 5.69 Å². The van der Waals surface area contributed by atoms with Crippen LogP contribution in [-0.4, -0.2) is 9.97 Å². The predicted molar refractivity (Wildman–Crippen MR) is 75.5 cm³/mol. The number of aromatic amines is 1. The molecule has 110 valence electrons. The van der Waals surface area contributed by atoms with E-state index >= 15 is 0 Å². The molecule has 1 aromatic carbocycles. The Morgan fingerprint density at radius 3 is 2.73 bits per heavy atom. The lowest BCUT2D eigenvalue weighted by Gasteiger charge is -2.11. The molecule has 4 nitrogen and oxygen atoms in total. The van der Waals surface area contributed by atoms with Crippen LogP contribution >= 0.6 is 0 Å². The number of rotatable bonds is 2. The zero-order valence-corrected chi connectivity index (χ0v) is 11.1. The summed E-state index contributed by atoms with van der Waals surface area (Å²) in [6.07, 6.45) is -2.88. The molecule has 2 heterocycles. The van der Waals surface area contributed by atoms with E-state index in [1.54, 1.807) is 30.5 Å². The van der Waals surface area contributed by atoms with Crippen molar-refractivity contribution in [3.05, 3.63) is 53.9 Å². The average Bonchev–Trinajstić information content (AvgIpc) is 2.95. The Balaban J connectivity index is 2.05. The predicted octanol–water partition coefficient (Wildman–Crippen LogP) is 4.20. The number of nitriles is 1. The smallest absolute Gasteiger partial charge is 0.361 e. The minimum absolute atomic E-state index is 0.0277. The summed E-state index contributed by atoms with van der Waals surface area (Å²) < 4.78 is 38.5. The first-order chi connectivity index (χ1) is 10.5. The number of aromatic nitrogens is 2. The van der Waals surface area contributed by atoms with Gasteiger partial charge in [-0.3, -0.25) is 0 Å². The molecule has 22 heavy (non-hydrogen) atoms. The van der Waals surface area contributed by atoms with Gasteiger partial charge in [0.2, 0.25) is 0 Å². The fraction of sp³-hybridized carbons (Fsp3) is 0.0667. The van der Waals surface area contributed by atoms with Crippen molar-refractivity contribution in [3.8, 4) is 6.07 Å². The van der Waals surface area contributed by atoms with Gasteiger partial charge >= 0.3 is 6.18 Å². The van der Waals surface area contributed by atoms with Gasteiger partial charge in [0.05, 0.1) is 11.6 Å². The van der Waals surface area contributed by atoms with Gasteiger partial charge in [0.25, 0.3) is 0 Å². The molecule has 0 fully saturated rings. The van der Waals surface area contributed by atoms with E-state index in [2.05, 4.69) is 15.3 Å². The summed E-state index contributed by atoms with van der Waals surface area (Å²) in [5.74, 6) is -0.0277. The zero-order valence-electron chi connectivity index (χ0n) is 11.1. The molecule has 0 aliphatic heterocycles. The molecule has 0 bridgehead atoms. The molecule has 2 N–H and O–H groups in total. The van der Waals surface area contributed by atoms with E-state index in [1.165, 1.54) is 6.07 Å². The molecule has 0 saturated heterocycles. The molecule has 0 radical (unpaired) electrons. The van der Waals surface area contributed by atoms with Gasteiger partial charge in [-0.05, 0) is 30.3 Å². The van der Waals surface area contributed by atoms with E-state index in [1.807, 2.05) is 6.07 Å². The van der Waals surface area contributed by atoms with Crippen LogP contribution in [0, 0.1) is 11.3 Å². The highest BCUT2D eigenvalue weighted by molar-refractivity contribution is 5.93. The van der Waals surface area contributed by atoms with Gasteiger partial charge in [0.1, 0.15) is 11.5 Å². The van der Waals surface area contributed by atoms with Gasteiger partial charge in [-0.2, -0.15) is 18.4 Å². The fourth-order valence-electron chi connectivity index (χ4n) is 2.14. The third-order valence-electron chi connectivity index (χ3n) is 3.10. The second-order valence-electron chi connectivity index (χ2n) is 4.61. The Labute approximate surface area is 123 Å². The van der Waals surface area contributed by atoms with E-state index in [4.69, 9.17) is 5.26 Å². The lowest BCUT2D eigenvalue weighted by atomic mass is 10.2. The second-order valence-corrected chi connectivity index (χ2v) is 4.61. The molecule has 0 aliphatic rings. The van der Waals surface area contributed by atoms with E-state index < -0.39 is 11.9 Å². The number of benzene rings is 1. The monoisotopic (exact) mass is 302 g/mol. The fourth-order valence-corrected chi connectivity index (χ4v) is 2.14. The van der Waals surface area contributed by atoms with Crippen LogP contribution in [0.3, 0.4) is 0 Å². The first-order valence-electron chi connectivity index (χ1n) is 6.30. The first-order valence-corrected chi connectivity index (χ1v) is 6.30. The number of hydrogen-bond donors (Lipinski definition) is 2. The summed E-state index contributed by atoms with van der Waals surface area (Å²) in [6, 6.07) is 10.9. The van der Waals surface area contributed by atoms with Crippen LogP contribution < -0.4 is 5.32 Å². The number of anilines is 2. The number of nitrogens with one attached hydrogen (secondary N) is 2. The molecule has 0 saturated carbocycles. The number of pyridine rings is 1. The van der Waals surface area contributed by atoms with Crippen LogP contribution in [0.25, 0.3) is 10.9 Å². The van der Waals surface area contributed by atoms with Crippen molar-refractivity contribution in [1.29, 1.82) is 5.26 Å². The molecule has 0 spiro atoms. The van der Waals surface area contributed by atoms with Gasteiger partial charge in [-0.15, -0.1) is 0 Å². The summed E-state index contributed by atoms with van der Waals surface area (Å²) in [5, 5.41) is 12.5. The standard InChI is InChI=1S/C15H9F3N4/c16-15(17,18)13-6-9(8-19)7-14(22-13)21-12-3-1-2-11-10(12)4-5-20-11/h1-7,20H,(H,21,22). The number of fused-ring (bicyclic) bond motifs is 1. The second kappa shape index (κ2) is 5.07. The van der Waals surface area contributed by atoms with E-state index in [-0.39, 0.29) is 11.4 Å². The Morgan fingerprint density at radius 2 is 2.00 bits per heavy atom. The van der Waals surface area contributed by atoms with Crippen molar-refractivity contribution in [1.82, 2.24) is 9.97 Å². The molecular formula is C15H9F3N4. The molecule has 0 atom stereocenters.